The van der Waals surface area contributed by atoms with Crippen LogP contribution in [0.5, 0.6) is 5.75 Å². The Balaban J connectivity index is 2.13. The zero-order valence-corrected chi connectivity index (χ0v) is 10.4. The van der Waals surface area contributed by atoms with Crippen molar-refractivity contribution in [3.63, 3.8) is 0 Å². The van der Waals surface area contributed by atoms with Crippen molar-refractivity contribution in [3.8, 4) is 5.75 Å². The van der Waals surface area contributed by atoms with Crippen LogP contribution >= 0.6 is 0 Å². The number of carbonyl (C=O) groups excluding carboxylic acids is 3. The van der Waals surface area contributed by atoms with Gasteiger partial charge in [-0.25, -0.2) is 0 Å². The second kappa shape index (κ2) is 5.09. The van der Waals surface area contributed by atoms with Crippen LogP contribution in [0.3, 0.4) is 0 Å². The predicted molar refractivity (Wildman–Crippen MR) is 66.1 cm³/mol. The molecular weight excluding hydrogens is 248 g/mol. The van der Waals surface area contributed by atoms with E-state index in [0.29, 0.717) is 5.56 Å². The Morgan fingerprint density at radius 1 is 1.42 bits per heavy atom. The van der Waals surface area contributed by atoms with Gasteiger partial charge in [0.25, 0.3) is 0 Å². The summed E-state index contributed by atoms with van der Waals surface area (Å²) in [4.78, 5) is 36.1. The molecule has 6 nitrogen and oxygen atoms in total. The van der Waals surface area contributed by atoms with Crippen molar-refractivity contribution in [3.05, 3.63) is 29.8 Å². The molecule has 1 atom stereocenters. The molecule has 0 aromatic heterocycles. The number of hydrogen-bond donors (Lipinski definition) is 2. The lowest BCUT2D eigenvalue weighted by Gasteiger charge is -2.31. The van der Waals surface area contributed by atoms with Gasteiger partial charge in [-0.05, 0) is 13.0 Å². The van der Waals surface area contributed by atoms with Crippen LogP contribution in [0.1, 0.15) is 12.5 Å². The number of hydrogen-bond acceptors (Lipinski definition) is 4. The minimum absolute atomic E-state index is 0.0243. The number of para-hydroxylation sites is 1. The number of nitrogens with zero attached hydrogens (tertiary/aromatic N) is 1. The van der Waals surface area contributed by atoms with Gasteiger partial charge in [-0.15, -0.1) is 0 Å². The lowest BCUT2D eigenvalue weighted by Crippen LogP contribution is -2.58. The van der Waals surface area contributed by atoms with Gasteiger partial charge in [-0.2, -0.15) is 0 Å². The lowest BCUT2D eigenvalue weighted by atomic mass is 10.1. The third kappa shape index (κ3) is 2.73. The third-order valence-electron chi connectivity index (χ3n) is 3.08. The van der Waals surface area contributed by atoms with Crippen molar-refractivity contribution >= 4 is 17.7 Å². The van der Waals surface area contributed by atoms with Crippen LogP contribution in [0.2, 0.25) is 0 Å². The van der Waals surface area contributed by atoms with E-state index in [1.54, 1.807) is 25.1 Å². The number of benzene rings is 1. The van der Waals surface area contributed by atoms with Gasteiger partial charge in [0, 0.05) is 5.56 Å². The van der Waals surface area contributed by atoms with E-state index in [9.17, 15) is 19.5 Å². The highest BCUT2D eigenvalue weighted by molar-refractivity contribution is 6.04. The zero-order chi connectivity index (χ0) is 14.0. The summed E-state index contributed by atoms with van der Waals surface area (Å²) in [6.07, 6.45) is -0.0441. The molecule has 2 rings (SSSR count). The molecule has 1 saturated heterocycles. The molecular formula is C13H14N2O4. The maximum atomic E-state index is 12.1. The zero-order valence-electron chi connectivity index (χ0n) is 10.4. The summed E-state index contributed by atoms with van der Waals surface area (Å²) in [5, 5.41) is 11.8. The van der Waals surface area contributed by atoms with Crippen molar-refractivity contribution < 1.29 is 19.5 Å². The summed E-state index contributed by atoms with van der Waals surface area (Å²) in [6, 6.07) is 5.80. The molecule has 0 saturated carbocycles. The summed E-state index contributed by atoms with van der Waals surface area (Å²) in [7, 11) is 0. The largest absolute Gasteiger partial charge is 0.508 e. The van der Waals surface area contributed by atoms with Gasteiger partial charge in [0.15, 0.2) is 0 Å². The molecule has 1 aliphatic rings. The number of phenolic OH excluding ortho intramolecular Hbond substituents is 1. The molecule has 0 spiro atoms. The molecule has 1 unspecified atom stereocenters. The van der Waals surface area contributed by atoms with Crippen molar-refractivity contribution in [2.75, 3.05) is 6.54 Å². The van der Waals surface area contributed by atoms with E-state index < -0.39 is 17.9 Å². The maximum absolute atomic E-state index is 12.1. The lowest BCUT2D eigenvalue weighted by molar-refractivity contribution is -0.149. The quantitative estimate of drug-likeness (QED) is 0.723. The minimum Gasteiger partial charge on any atom is -0.508 e. The number of piperazine rings is 1. The molecule has 2 N–H and O–H groups in total. The Kier molecular flexibility index (Phi) is 3.50. The Morgan fingerprint density at radius 3 is 2.79 bits per heavy atom. The summed E-state index contributed by atoms with van der Waals surface area (Å²) < 4.78 is 0. The SMILES string of the molecule is CC1C(=O)NC(=O)CN1C(=O)Cc1ccccc1O. The van der Waals surface area contributed by atoms with Crippen molar-refractivity contribution in [1.29, 1.82) is 0 Å². The first kappa shape index (κ1) is 13.1. The van der Waals surface area contributed by atoms with E-state index in [2.05, 4.69) is 5.32 Å². The minimum atomic E-state index is -0.684. The highest BCUT2D eigenvalue weighted by atomic mass is 16.3. The Labute approximate surface area is 110 Å². The number of imide groups is 1. The van der Waals surface area contributed by atoms with Gasteiger partial charge in [0.2, 0.25) is 17.7 Å². The molecule has 1 heterocycles. The second-order valence-corrected chi connectivity index (χ2v) is 4.42. The molecule has 0 radical (unpaired) electrons. The molecule has 0 bridgehead atoms. The van der Waals surface area contributed by atoms with Gasteiger partial charge >= 0.3 is 0 Å². The van der Waals surface area contributed by atoms with Gasteiger partial charge in [-0.1, -0.05) is 18.2 Å². The maximum Gasteiger partial charge on any atom is 0.249 e. The summed E-state index contributed by atoms with van der Waals surface area (Å²) in [5.41, 5.74) is 0.470. The Hall–Kier alpha value is -2.37. The third-order valence-corrected chi connectivity index (χ3v) is 3.08. The van der Waals surface area contributed by atoms with Crippen LogP contribution in [0, 0.1) is 0 Å². The van der Waals surface area contributed by atoms with Crippen LogP contribution < -0.4 is 5.32 Å². The number of rotatable bonds is 2. The van der Waals surface area contributed by atoms with Gasteiger partial charge in [0.1, 0.15) is 18.3 Å². The first-order valence-corrected chi connectivity index (χ1v) is 5.89. The monoisotopic (exact) mass is 262 g/mol. The number of nitrogens with one attached hydrogen (secondary N) is 1. The molecule has 1 aliphatic heterocycles. The average Bonchev–Trinajstić information content (AvgIpc) is 2.36. The van der Waals surface area contributed by atoms with E-state index in [-0.39, 0.29) is 24.6 Å². The molecule has 0 aliphatic carbocycles. The van der Waals surface area contributed by atoms with Gasteiger partial charge in [-0.3, -0.25) is 19.7 Å². The molecule has 19 heavy (non-hydrogen) atoms. The number of phenols is 1. The fourth-order valence-corrected chi connectivity index (χ4v) is 1.94. The first-order chi connectivity index (χ1) is 8.99. The molecule has 3 amide bonds. The Bertz CT molecular complexity index is 541. The van der Waals surface area contributed by atoms with Crippen molar-refractivity contribution in [2.45, 2.75) is 19.4 Å². The van der Waals surface area contributed by atoms with E-state index in [1.165, 1.54) is 11.0 Å². The highest BCUT2D eigenvalue weighted by Gasteiger charge is 2.33. The average molecular weight is 262 g/mol. The molecule has 6 heteroatoms. The fraction of sp³-hybridized carbons (Fsp3) is 0.308. The highest BCUT2D eigenvalue weighted by Crippen LogP contribution is 2.18. The van der Waals surface area contributed by atoms with Crippen LogP contribution in [-0.4, -0.2) is 40.3 Å². The van der Waals surface area contributed by atoms with Crippen LogP contribution in [0.15, 0.2) is 24.3 Å². The summed E-state index contributed by atoms with van der Waals surface area (Å²) in [6.45, 7) is 1.42. The van der Waals surface area contributed by atoms with Crippen LogP contribution in [-0.2, 0) is 20.8 Å². The number of carbonyl (C=O) groups is 3. The second-order valence-electron chi connectivity index (χ2n) is 4.42. The van der Waals surface area contributed by atoms with Gasteiger partial charge in [0.05, 0.1) is 6.42 Å². The molecule has 1 aromatic carbocycles. The summed E-state index contributed by atoms with van der Waals surface area (Å²) in [5.74, 6) is -1.32. The predicted octanol–water partition coefficient (Wildman–Crippen LogP) is -0.192. The summed E-state index contributed by atoms with van der Waals surface area (Å²) >= 11 is 0. The normalized spacial score (nSPS) is 19.2. The van der Waals surface area contributed by atoms with E-state index in [0.717, 1.165) is 0 Å². The van der Waals surface area contributed by atoms with Crippen molar-refractivity contribution in [1.82, 2.24) is 10.2 Å². The van der Waals surface area contributed by atoms with Gasteiger partial charge < -0.3 is 10.0 Å². The van der Waals surface area contributed by atoms with Crippen LogP contribution in [0.4, 0.5) is 0 Å². The molecule has 1 fully saturated rings. The smallest absolute Gasteiger partial charge is 0.249 e. The topological polar surface area (TPSA) is 86.7 Å². The molecule has 1 aromatic rings. The van der Waals surface area contributed by atoms with E-state index in [1.807, 2.05) is 0 Å². The number of amides is 3. The molecule has 100 valence electrons. The standard InChI is InChI=1S/C13H14N2O4/c1-8-13(19)14-11(17)7-15(8)12(18)6-9-4-2-3-5-10(9)16/h2-5,8,16H,6-7H2,1H3,(H,14,17,19). The number of aromatic hydroxyl groups is 1. The van der Waals surface area contributed by atoms with E-state index in [4.69, 9.17) is 0 Å². The first-order valence-electron chi connectivity index (χ1n) is 5.89. The van der Waals surface area contributed by atoms with E-state index >= 15 is 0 Å². The Morgan fingerprint density at radius 2 is 2.11 bits per heavy atom. The fourth-order valence-electron chi connectivity index (χ4n) is 1.94. The van der Waals surface area contributed by atoms with Crippen molar-refractivity contribution in [2.24, 2.45) is 0 Å². The van der Waals surface area contributed by atoms with Crippen LogP contribution in [0.25, 0.3) is 0 Å².